The molecule has 0 atom stereocenters. The summed E-state index contributed by atoms with van der Waals surface area (Å²) >= 11 is 3.31. The number of aryl methyl sites for hydroxylation is 1. The quantitative estimate of drug-likeness (QED) is 0.503. The minimum Gasteiger partial charge on any atom is -0.454 e. The fourth-order valence-electron chi connectivity index (χ4n) is 2.85. The molecule has 4 aromatic rings. The van der Waals surface area contributed by atoms with Gasteiger partial charge in [-0.1, -0.05) is 17.8 Å². The van der Waals surface area contributed by atoms with Crippen molar-refractivity contribution in [1.82, 2.24) is 15.0 Å². The zero-order valence-electron chi connectivity index (χ0n) is 14.0. The number of aromatic nitrogens is 3. The minimum absolute atomic E-state index is 0.287. The van der Waals surface area contributed by atoms with E-state index >= 15 is 0 Å². The second-order valence-electron chi connectivity index (χ2n) is 6.06. The second-order valence-corrected chi connectivity index (χ2v) is 7.89. The molecule has 130 valence electrons. The van der Waals surface area contributed by atoms with Gasteiger partial charge >= 0.3 is 0 Å². The predicted molar refractivity (Wildman–Crippen MR) is 104 cm³/mol. The number of H-pyrrole nitrogens is 1. The molecule has 2 aromatic heterocycles. The largest absolute Gasteiger partial charge is 0.454 e. The lowest BCUT2D eigenvalue weighted by molar-refractivity contribution is 0.174. The van der Waals surface area contributed by atoms with Gasteiger partial charge in [-0.25, -0.2) is 9.97 Å². The third-order valence-electron chi connectivity index (χ3n) is 4.14. The molecule has 26 heavy (non-hydrogen) atoms. The molecule has 5 rings (SSSR count). The highest BCUT2D eigenvalue weighted by Crippen LogP contribution is 2.37. The number of ether oxygens (including phenoxy) is 2. The minimum atomic E-state index is 0.287. The van der Waals surface area contributed by atoms with Crippen molar-refractivity contribution in [2.24, 2.45) is 0 Å². The van der Waals surface area contributed by atoms with Crippen molar-refractivity contribution < 1.29 is 9.47 Å². The smallest absolute Gasteiger partial charge is 0.231 e. The Morgan fingerprint density at radius 2 is 2.04 bits per heavy atom. The zero-order chi connectivity index (χ0) is 17.5. The first-order valence-corrected chi connectivity index (χ1v) is 10.0. The number of nitrogens with one attached hydrogen (secondary N) is 1. The van der Waals surface area contributed by atoms with Gasteiger partial charge in [0.05, 0.1) is 16.7 Å². The van der Waals surface area contributed by atoms with Crippen molar-refractivity contribution in [3.05, 3.63) is 53.0 Å². The lowest BCUT2D eigenvalue weighted by Crippen LogP contribution is -1.92. The lowest BCUT2D eigenvalue weighted by atomic mass is 10.2. The number of aromatic amines is 1. The summed E-state index contributed by atoms with van der Waals surface area (Å²) in [5.41, 5.74) is 5.40. The van der Waals surface area contributed by atoms with E-state index in [2.05, 4.69) is 34.4 Å². The standard InChI is InChI=1S/C19H15N3O2S2/c1-11-2-4-14-15(6-11)22-19(21-14)26-9-13-8-25-18(20-13)12-3-5-16-17(7-12)24-10-23-16/h2-8H,9-10H2,1H3,(H,21,22). The number of imidazole rings is 1. The van der Waals surface area contributed by atoms with E-state index in [1.165, 1.54) is 5.56 Å². The highest BCUT2D eigenvalue weighted by molar-refractivity contribution is 7.98. The molecule has 0 saturated carbocycles. The van der Waals surface area contributed by atoms with Gasteiger partial charge in [-0.05, 0) is 42.8 Å². The summed E-state index contributed by atoms with van der Waals surface area (Å²) in [6.45, 7) is 2.37. The van der Waals surface area contributed by atoms with Crippen LogP contribution in [0.5, 0.6) is 11.5 Å². The molecular formula is C19H15N3O2S2. The van der Waals surface area contributed by atoms with Gasteiger partial charge in [-0.2, -0.15) is 0 Å². The summed E-state index contributed by atoms with van der Waals surface area (Å²) in [4.78, 5) is 12.7. The normalized spacial score (nSPS) is 12.8. The Labute approximate surface area is 158 Å². The van der Waals surface area contributed by atoms with Crippen LogP contribution in [-0.2, 0) is 5.75 Å². The van der Waals surface area contributed by atoms with Gasteiger partial charge in [-0.3, -0.25) is 0 Å². The number of rotatable bonds is 4. The first kappa shape index (κ1) is 15.7. The van der Waals surface area contributed by atoms with E-state index in [9.17, 15) is 0 Å². The van der Waals surface area contributed by atoms with Gasteiger partial charge in [0.15, 0.2) is 16.7 Å². The number of fused-ring (bicyclic) bond motifs is 2. The van der Waals surface area contributed by atoms with Crippen molar-refractivity contribution in [2.75, 3.05) is 6.79 Å². The van der Waals surface area contributed by atoms with Crippen LogP contribution in [-0.4, -0.2) is 21.7 Å². The van der Waals surface area contributed by atoms with E-state index in [1.54, 1.807) is 23.1 Å². The molecule has 0 saturated heterocycles. The van der Waals surface area contributed by atoms with Gasteiger partial charge in [0, 0.05) is 16.7 Å². The lowest BCUT2D eigenvalue weighted by Gasteiger charge is -1.99. The number of hydrogen-bond donors (Lipinski definition) is 1. The van der Waals surface area contributed by atoms with Crippen LogP contribution in [0.3, 0.4) is 0 Å². The zero-order valence-corrected chi connectivity index (χ0v) is 15.6. The van der Waals surface area contributed by atoms with E-state index in [-0.39, 0.29) is 6.79 Å². The van der Waals surface area contributed by atoms with Crippen LogP contribution in [0, 0.1) is 6.92 Å². The van der Waals surface area contributed by atoms with Crippen LogP contribution in [0.4, 0.5) is 0 Å². The first-order valence-electron chi connectivity index (χ1n) is 8.18. The molecule has 0 fully saturated rings. The molecule has 1 aliphatic rings. The average molecular weight is 381 g/mol. The maximum absolute atomic E-state index is 5.45. The van der Waals surface area contributed by atoms with E-state index in [0.717, 1.165) is 49.7 Å². The molecule has 0 bridgehead atoms. The Bertz CT molecular complexity index is 1100. The van der Waals surface area contributed by atoms with Crippen LogP contribution in [0.1, 0.15) is 11.3 Å². The maximum Gasteiger partial charge on any atom is 0.231 e. The number of nitrogens with zero attached hydrogens (tertiary/aromatic N) is 2. The van der Waals surface area contributed by atoms with Gasteiger partial charge in [0.25, 0.3) is 0 Å². The Morgan fingerprint density at radius 1 is 1.12 bits per heavy atom. The number of thiazole rings is 1. The van der Waals surface area contributed by atoms with Gasteiger partial charge in [-0.15, -0.1) is 11.3 Å². The molecule has 7 heteroatoms. The van der Waals surface area contributed by atoms with E-state index in [0.29, 0.717) is 0 Å². The van der Waals surface area contributed by atoms with E-state index in [1.807, 2.05) is 24.3 Å². The first-order chi connectivity index (χ1) is 12.7. The topological polar surface area (TPSA) is 60.0 Å². The Balaban J connectivity index is 1.32. The van der Waals surface area contributed by atoms with Crippen molar-refractivity contribution in [3.8, 4) is 22.1 Å². The summed E-state index contributed by atoms with van der Waals surface area (Å²) in [5, 5.41) is 4.00. The van der Waals surface area contributed by atoms with E-state index < -0.39 is 0 Å². The average Bonchev–Trinajstić information content (AvgIpc) is 3.37. The molecule has 0 aliphatic carbocycles. The molecule has 0 unspecified atom stereocenters. The summed E-state index contributed by atoms with van der Waals surface area (Å²) in [5.74, 6) is 2.35. The third-order valence-corrected chi connectivity index (χ3v) is 5.99. The molecule has 0 amide bonds. The summed E-state index contributed by atoms with van der Waals surface area (Å²) in [6.07, 6.45) is 0. The van der Waals surface area contributed by atoms with Crippen molar-refractivity contribution >= 4 is 34.1 Å². The van der Waals surface area contributed by atoms with E-state index in [4.69, 9.17) is 14.5 Å². The SMILES string of the molecule is Cc1ccc2nc(SCc3csc(-c4ccc5c(c4)OCO5)n3)[nH]c2c1. The predicted octanol–water partition coefficient (Wildman–Crippen LogP) is 5.02. The van der Waals surface area contributed by atoms with Crippen molar-refractivity contribution in [1.29, 1.82) is 0 Å². The van der Waals surface area contributed by atoms with Gasteiger partial charge < -0.3 is 14.5 Å². The third kappa shape index (κ3) is 2.93. The molecule has 1 aliphatic heterocycles. The van der Waals surface area contributed by atoms with Gasteiger partial charge in [0.1, 0.15) is 5.01 Å². The highest BCUT2D eigenvalue weighted by Gasteiger charge is 2.15. The summed E-state index contributed by atoms with van der Waals surface area (Å²) < 4.78 is 10.8. The number of thioether (sulfide) groups is 1. The second kappa shape index (κ2) is 6.34. The van der Waals surface area contributed by atoms with Crippen molar-refractivity contribution in [2.45, 2.75) is 17.8 Å². The Morgan fingerprint density at radius 3 is 3.00 bits per heavy atom. The maximum atomic E-state index is 5.45. The van der Waals surface area contributed by atoms with Crippen LogP contribution < -0.4 is 9.47 Å². The Hall–Kier alpha value is -2.51. The van der Waals surface area contributed by atoms with Crippen LogP contribution in [0.2, 0.25) is 0 Å². The number of benzene rings is 2. The van der Waals surface area contributed by atoms with Crippen molar-refractivity contribution in [3.63, 3.8) is 0 Å². The molecule has 5 nitrogen and oxygen atoms in total. The highest BCUT2D eigenvalue weighted by atomic mass is 32.2. The summed E-state index contributed by atoms with van der Waals surface area (Å²) in [7, 11) is 0. The molecule has 0 spiro atoms. The summed E-state index contributed by atoms with van der Waals surface area (Å²) in [6, 6.07) is 12.2. The van der Waals surface area contributed by atoms with Crippen LogP contribution in [0.25, 0.3) is 21.6 Å². The fraction of sp³-hybridized carbons (Fsp3) is 0.158. The van der Waals surface area contributed by atoms with Crippen LogP contribution >= 0.6 is 23.1 Å². The van der Waals surface area contributed by atoms with Crippen LogP contribution in [0.15, 0.2) is 46.9 Å². The number of hydrogen-bond acceptors (Lipinski definition) is 6. The molecule has 2 aromatic carbocycles. The molecule has 1 N–H and O–H groups in total. The molecule has 0 radical (unpaired) electrons. The fourth-order valence-corrected chi connectivity index (χ4v) is 4.55. The Kier molecular flexibility index (Phi) is 3.83. The molecular weight excluding hydrogens is 366 g/mol. The van der Waals surface area contributed by atoms with Gasteiger partial charge in [0.2, 0.25) is 6.79 Å². The monoisotopic (exact) mass is 381 g/mol. The molecule has 3 heterocycles.